The van der Waals surface area contributed by atoms with Crippen LogP contribution in [0.3, 0.4) is 0 Å². The Hall–Kier alpha value is -2.48. The van der Waals surface area contributed by atoms with Crippen LogP contribution in [0.15, 0.2) is 12.7 Å². The number of carbonyl (C=O) groups excluding carboxylic acids is 3. The fraction of sp³-hybridized carbons (Fsp3) is 0.680. The van der Waals surface area contributed by atoms with Crippen molar-refractivity contribution in [3.05, 3.63) is 12.7 Å². The van der Waals surface area contributed by atoms with Crippen LogP contribution in [0.5, 0.6) is 0 Å². The zero-order valence-electron chi connectivity index (χ0n) is 29.2. The summed E-state index contributed by atoms with van der Waals surface area (Å²) in [5.41, 5.74) is 4.26. The van der Waals surface area contributed by atoms with Crippen molar-refractivity contribution in [2.45, 2.75) is 50.9 Å². The number of phosphoric ester groups is 3. The number of imidazole rings is 1. The molecule has 3 rings (SSSR count). The molecule has 7 atom stereocenters. The van der Waals surface area contributed by atoms with Gasteiger partial charge in [0.15, 0.2) is 17.7 Å². The van der Waals surface area contributed by atoms with Crippen molar-refractivity contribution < 1.29 is 80.5 Å². The predicted octanol–water partition coefficient (Wildman–Crippen LogP) is -1.77. The van der Waals surface area contributed by atoms with Crippen LogP contribution in [-0.2, 0) is 50.7 Å². The Kier molecular flexibility index (Phi) is 16.2. The molecule has 0 aliphatic carbocycles. The highest BCUT2D eigenvalue weighted by atomic mass is 32.2. The number of hydrogen-bond donors (Lipinski definition) is 9. The van der Waals surface area contributed by atoms with Gasteiger partial charge < -0.3 is 55.8 Å². The van der Waals surface area contributed by atoms with Gasteiger partial charge >= 0.3 is 23.5 Å². The number of nitrogens with one attached hydrogen (secondary N) is 2. The highest BCUT2D eigenvalue weighted by Gasteiger charge is 2.50. The van der Waals surface area contributed by atoms with Crippen molar-refractivity contribution in [2.75, 3.05) is 58.4 Å². The van der Waals surface area contributed by atoms with Gasteiger partial charge in [0, 0.05) is 30.7 Å². The SMILES string of the molecule is CN(C)CC(=O)SCCNC(=O)CCNC(=O)C(O)C(C)(C)COP(=O)(O)OP(=O)(O)OCC1OC(n2cnc3c(N)ncnc32)C(O)C1OP(=O)(O)O. The standard InChI is InChI=1S/C25H43N8O17P3S/c1-25(2,20(37)23(38)28-6-5-15(34)27-7-8-54-16(35)9-32(3)4)11-47-53(44,45)50-52(42,43)46-10-14-19(49-51(39,40)41)18(36)24(48-14)33-13-31-17-21(26)29-12-30-22(17)33/h12-14,18-20,24,36-37H,5-11H2,1-4H3,(H,27,34)(H,28,38)(H,42,43)(H,44,45)(H2,26,29,30)(H2,39,40,41). The maximum atomic E-state index is 12.6. The molecule has 1 fully saturated rings. The number of phosphoric acid groups is 3. The molecule has 25 nitrogen and oxygen atoms in total. The number of aliphatic hydroxyl groups excluding tert-OH is 2. The molecule has 54 heavy (non-hydrogen) atoms. The molecule has 1 saturated heterocycles. The fourth-order valence-corrected chi connectivity index (χ4v) is 8.21. The Morgan fingerprint density at radius 3 is 2.39 bits per heavy atom. The molecule has 7 unspecified atom stereocenters. The Balaban J connectivity index is 1.51. The number of anilines is 1. The number of carbonyl (C=O) groups is 3. The minimum Gasteiger partial charge on any atom is -0.386 e. The van der Waals surface area contributed by atoms with E-state index in [1.54, 1.807) is 19.0 Å². The molecule has 2 aromatic heterocycles. The second kappa shape index (κ2) is 19.1. The van der Waals surface area contributed by atoms with Gasteiger partial charge in [-0.3, -0.25) is 32.5 Å². The number of aliphatic hydroxyl groups is 2. The summed E-state index contributed by atoms with van der Waals surface area (Å²) < 4.78 is 62.0. The molecule has 0 bridgehead atoms. The van der Waals surface area contributed by atoms with E-state index < -0.39 is 84.6 Å². The van der Waals surface area contributed by atoms with Crippen molar-refractivity contribution in [3.63, 3.8) is 0 Å². The topological polar surface area (TPSA) is 367 Å². The number of likely N-dealkylation sites (N-methyl/N-ethyl adjacent to an activating group) is 1. The van der Waals surface area contributed by atoms with Crippen molar-refractivity contribution in [3.8, 4) is 0 Å². The number of aromatic nitrogens is 4. The van der Waals surface area contributed by atoms with E-state index in [9.17, 15) is 57.9 Å². The van der Waals surface area contributed by atoms with Gasteiger partial charge in [-0.25, -0.2) is 28.6 Å². The zero-order chi connectivity index (χ0) is 40.6. The molecule has 10 N–H and O–H groups in total. The van der Waals surface area contributed by atoms with Gasteiger partial charge in [0.1, 0.15) is 36.3 Å². The van der Waals surface area contributed by atoms with Gasteiger partial charge in [0.2, 0.25) is 16.9 Å². The summed E-state index contributed by atoms with van der Waals surface area (Å²) in [7, 11) is -12.9. The van der Waals surface area contributed by atoms with E-state index >= 15 is 0 Å². The lowest BCUT2D eigenvalue weighted by atomic mass is 9.87. The summed E-state index contributed by atoms with van der Waals surface area (Å²) >= 11 is 1.06. The Labute approximate surface area is 311 Å². The van der Waals surface area contributed by atoms with Gasteiger partial charge in [0.25, 0.3) is 0 Å². The van der Waals surface area contributed by atoms with Gasteiger partial charge in [-0.2, -0.15) is 4.31 Å². The Morgan fingerprint density at radius 2 is 1.74 bits per heavy atom. The molecule has 0 saturated carbocycles. The quantitative estimate of drug-likeness (QED) is 0.0495. The van der Waals surface area contributed by atoms with E-state index in [0.29, 0.717) is 5.75 Å². The number of rotatable bonds is 21. The van der Waals surface area contributed by atoms with Gasteiger partial charge in [-0.15, -0.1) is 0 Å². The number of fused-ring (bicyclic) bond motifs is 1. The van der Waals surface area contributed by atoms with Crippen molar-refractivity contribution in [2.24, 2.45) is 5.41 Å². The first-order valence-electron chi connectivity index (χ1n) is 15.6. The minimum absolute atomic E-state index is 0.0304. The van der Waals surface area contributed by atoms with Crippen molar-refractivity contribution >= 4 is 69.1 Å². The molecule has 1 aliphatic heterocycles. The third-order valence-electron chi connectivity index (χ3n) is 7.21. The first-order valence-corrected chi connectivity index (χ1v) is 21.1. The molecule has 0 spiro atoms. The zero-order valence-corrected chi connectivity index (χ0v) is 32.7. The molecule has 306 valence electrons. The summed E-state index contributed by atoms with van der Waals surface area (Å²) in [5.74, 6) is -1.11. The van der Waals surface area contributed by atoms with E-state index in [-0.39, 0.29) is 48.2 Å². The highest BCUT2D eigenvalue weighted by Crippen LogP contribution is 2.61. The molecular formula is C25H43N8O17P3S. The van der Waals surface area contributed by atoms with E-state index in [2.05, 4.69) is 34.4 Å². The van der Waals surface area contributed by atoms with Crippen molar-refractivity contribution in [1.82, 2.24) is 35.1 Å². The number of nitrogens with zero attached hydrogens (tertiary/aromatic N) is 5. The van der Waals surface area contributed by atoms with Gasteiger partial charge in [-0.1, -0.05) is 25.6 Å². The van der Waals surface area contributed by atoms with E-state index in [1.165, 1.54) is 13.8 Å². The van der Waals surface area contributed by atoms with Crippen LogP contribution in [0, 0.1) is 5.41 Å². The number of thioether (sulfide) groups is 1. The molecule has 29 heteroatoms. The third-order valence-corrected chi connectivity index (χ3v) is 11.2. The lowest BCUT2D eigenvalue weighted by molar-refractivity contribution is -0.137. The number of hydrogen-bond acceptors (Lipinski definition) is 19. The van der Waals surface area contributed by atoms with Crippen LogP contribution >= 0.6 is 35.2 Å². The molecule has 2 aromatic rings. The number of ether oxygens (including phenoxy) is 1. The lowest BCUT2D eigenvalue weighted by Gasteiger charge is -2.30. The largest absolute Gasteiger partial charge is 0.481 e. The molecule has 3 heterocycles. The van der Waals surface area contributed by atoms with Crippen LogP contribution in [0.1, 0.15) is 26.5 Å². The predicted molar refractivity (Wildman–Crippen MR) is 186 cm³/mol. The summed E-state index contributed by atoms with van der Waals surface area (Å²) in [6, 6.07) is 0. The third kappa shape index (κ3) is 13.9. The molecular weight excluding hydrogens is 809 g/mol. The molecule has 2 amide bonds. The second-order valence-electron chi connectivity index (χ2n) is 12.5. The summed E-state index contributed by atoms with van der Waals surface area (Å²) in [6.07, 6.45) is -6.90. The van der Waals surface area contributed by atoms with Crippen LogP contribution in [0.2, 0.25) is 0 Å². The minimum atomic E-state index is -5.56. The summed E-state index contributed by atoms with van der Waals surface area (Å²) in [4.78, 5) is 88.8. The van der Waals surface area contributed by atoms with Crippen LogP contribution < -0.4 is 16.4 Å². The monoisotopic (exact) mass is 852 g/mol. The average Bonchev–Trinajstić information content (AvgIpc) is 3.60. The molecule has 0 radical (unpaired) electrons. The van der Waals surface area contributed by atoms with Crippen LogP contribution in [0.25, 0.3) is 11.2 Å². The molecule has 1 aliphatic rings. The van der Waals surface area contributed by atoms with E-state index in [0.717, 1.165) is 29.0 Å². The van der Waals surface area contributed by atoms with Crippen LogP contribution in [-0.4, -0.2) is 148 Å². The summed E-state index contributed by atoms with van der Waals surface area (Å²) in [5, 5.41) is 26.2. The summed E-state index contributed by atoms with van der Waals surface area (Å²) in [6.45, 7) is 0.747. The number of amides is 2. The van der Waals surface area contributed by atoms with Gasteiger partial charge in [0.05, 0.1) is 26.1 Å². The Morgan fingerprint density at radius 1 is 1.07 bits per heavy atom. The van der Waals surface area contributed by atoms with Gasteiger partial charge in [-0.05, 0) is 14.1 Å². The lowest BCUT2D eigenvalue weighted by Crippen LogP contribution is -2.46. The highest BCUT2D eigenvalue weighted by molar-refractivity contribution is 8.13. The first kappa shape index (κ1) is 45.9. The number of nitrogen functional groups attached to an aromatic ring is 1. The van der Waals surface area contributed by atoms with E-state index in [4.69, 9.17) is 19.5 Å². The maximum absolute atomic E-state index is 12.6. The first-order chi connectivity index (χ1) is 24.9. The van der Waals surface area contributed by atoms with Crippen LogP contribution in [0.4, 0.5) is 5.82 Å². The average molecular weight is 853 g/mol. The second-order valence-corrected chi connectivity index (χ2v) is 17.9. The molecule has 0 aromatic carbocycles. The Bertz CT molecular complexity index is 1780. The maximum Gasteiger partial charge on any atom is 0.481 e. The fourth-order valence-electron chi connectivity index (χ4n) is 4.60. The van der Waals surface area contributed by atoms with Crippen molar-refractivity contribution in [1.29, 1.82) is 0 Å². The van der Waals surface area contributed by atoms with E-state index in [1.807, 2.05) is 0 Å². The normalized spacial score (nSPS) is 22.1. The number of nitrogens with two attached hydrogens (primary N) is 1. The smallest absolute Gasteiger partial charge is 0.386 e.